The molecule has 35 heavy (non-hydrogen) atoms. The number of carbonyl (C=O) groups is 4. The van der Waals surface area contributed by atoms with E-state index in [1.54, 1.807) is 65.4 Å². The summed E-state index contributed by atoms with van der Waals surface area (Å²) in [7, 11) is 0. The van der Waals surface area contributed by atoms with Crippen LogP contribution in [0.1, 0.15) is 23.0 Å². The van der Waals surface area contributed by atoms with Crippen molar-refractivity contribution in [2.45, 2.75) is 6.92 Å². The number of anilines is 1. The summed E-state index contributed by atoms with van der Waals surface area (Å²) in [5, 5.41) is 11.4. The minimum absolute atomic E-state index is 0.126. The zero-order chi connectivity index (χ0) is 24.9. The third-order valence-electron chi connectivity index (χ3n) is 5.05. The molecule has 0 spiro atoms. The lowest BCUT2D eigenvalue weighted by Gasteiger charge is -2.13. The predicted molar refractivity (Wildman–Crippen MR) is 132 cm³/mol. The number of nitrogens with one attached hydrogen (secondary N) is 1. The Labute approximate surface area is 205 Å². The molecule has 1 aromatic heterocycles. The van der Waals surface area contributed by atoms with Crippen molar-refractivity contribution in [3.63, 3.8) is 0 Å². The van der Waals surface area contributed by atoms with Crippen LogP contribution < -0.4 is 10.1 Å². The molecule has 0 bridgehead atoms. The molecule has 1 aliphatic rings. The summed E-state index contributed by atoms with van der Waals surface area (Å²) in [5.74, 6) is -1.47. The molecule has 2 aromatic carbocycles. The molecule has 0 aliphatic carbocycles. The molecule has 0 atom stereocenters. The van der Waals surface area contributed by atoms with Gasteiger partial charge in [-0.1, -0.05) is 6.07 Å². The number of amides is 3. The molecule has 10 heteroatoms. The maximum Gasteiger partial charge on any atom is 0.335 e. The fraction of sp³-hybridized carbons (Fsp3) is 0.120. The molecule has 1 aliphatic heterocycles. The number of nitrogens with zero attached hydrogens (tertiary/aromatic N) is 2. The second-order valence-corrected chi connectivity index (χ2v) is 8.43. The van der Waals surface area contributed by atoms with Crippen molar-refractivity contribution in [2.75, 3.05) is 18.5 Å². The SMILES string of the molecule is CCOc1ccc(NC(=O)CN2C(=O)S/C(=C\c3cccn3-c3cccc(C(=O)O)c3)C2=O)cc1. The van der Waals surface area contributed by atoms with Gasteiger partial charge in [0, 0.05) is 23.3 Å². The number of rotatable bonds is 8. The van der Waals surface area contributed by atoms with Crippen molar-refractivity contribution in [3.8, 4) is 11.4 Å². The van der Waals surface area contributed by atoms with Crippen LogP contribution in [0.2, 0.25) is 0 Å². The molecule has 0 saturated carbocycles. The Hall–Kier alpha value is -4.31. The number of hydrogen-bond acceptors (Lipinski definition) is 6. The van der Waals surface area contributed by atoms with E-state index in [0.717, 1.165) is 16.7 Å². The van der Waals surface area contributed by atoms with Crippen LogP contribution >= 0.6 is 11.8 Å². The van der Waals surface area contributed by atoms with Crippen molar-refractivity contribution in [1.29, 1.82) is 0 Å². The van der Waals surface area contributed by atoms with E-state index in [2.05, 4.69) is 5.32 Å². The second kappa shape index (κ2) is 10.3. The zero-order valence-electron chi connectivity index (χ0n) is 18.6. The molecular formula is C25H21N3O6S. The fourth-order valence-electron chi connectivity index (χ4n) is 3.45. The number of imide groups is 1. The molecular weight excluding hydrogens is 470 g/mol. The average molecular weight is 492 g/mol. The predicted octanol–water partition coefficient (Wildman–Crippen LogP) is 4.25. The van der Waals surface area contributed by atoms with E-state index in [0.29, 0.717) is 29.4 Å². The minimum atomic E-state index is -1.05. The van der Waals surface area contributed by atoms with E-state index in [-0.39, 0.29) is 10.5 Å². The number of benzene rings is 2. The number of aromatic nitrogens is 1. The minimum Gasteiger partial charge on any atom is -0.494 e. The summed E-state index contributed by atoms with van der Waals surface area (Å²) >= 11 is 0.742. The molecule has 3 amide bonds. The second-order valence-electron chi connectivity index (χ2n) is 7.43. The number of aromatic carboxylic acids is 1. The standard InChI is InChI=1S/C25H21N3O6S/c1-2-34-20-10-8-17(9-11-20)26-22(29)15-28-23(30)21(35-25(28)33)14-19-7-4-12-27(19)18-6-3-5-16(13-18)24(31)32/h3-14H,2,15H2,1H3,(H,26,29)(H,31,32)/b21-14-. The molecule has 0 unspecified atom stereocenters. The lowest BCUT2D eigenvalue weighted by Crippen LogP contribution is -2.36. The van der Waals surface area contributed by atoms with Gasteiger partial charge in [-0.3, -0.25) is 19.3 Å². The number of carboxylic acid groups (broad SMARTS) is 1. The molecule has 3 aromatic rings. The highest BCUT2D eigenvalue weighted by molar-refractivity contribution is 8.18. The van der Waals surface area contributed by atoms with E-state index in [9.17, 15) is 24.3 Å². The Morgan fingerprint density at radius 3 is 2.57 bits per heavy atom. The molecule has 1 saturated heterocycles. The van der Waals surface area contributed by atoms with Gasteiger partial charge in [-0.2, -0.15) is 0 Å². The Kier molecular flexibility index (Phi) is 7.02. The number of carbonyl (C=O) groups excluding carboxylic acids is 3. The first-order chi connectivity index (χ1) is 16.9. The largest absolute Gasteiger partial charge is 0.494 e. The highest BCUT2D eigenvalue weighted by Crippen LogP contribution is 2.32. The van der Waals surface area contributed by atoms with Crippen molar-refractivity contribution < 1.29 is 29.0 Å². The number of thioether (sulfide) groups is 1. The van der Waals surface area contributed by atoms with E-state index >= 15 is 0 Å². The molecule has 178 valence electrons. The summed E-state index contributed by atoms with van der Waals surface area (Å²) in [6, 6.07) is 16.6. The molecule has 1 fully saturated rings. The zero-order valence-corrected chi connectivity index (χ0v) is 19.5. The normalized spacial score (nSPS) is 14.4. The molecule has 2 N–H and O–H groups in total. The first-order valence-corrected chi connectivity index (χ1v) is 11.5. The number of carboxylic acids is 1. The molecule has 9 nitrogen and oxygen atoms in total. The average Bonchev–Trinajstić information content (AvgIpc) is 3.40. The van der Waals surface area contributed by atoms with Crippen LogP contribution in [-0.4, -0.2) is 50.7 Å². The van der Waals surface area contributed by atoms with Gasteiger partial charge in [0.1, 0.15) is 12.3 Å². The first kappa shape index (κ1) is 23.8. The van der Waals surface area contributed by atoms with Gasteiger partial charge in [-0.15, -0.1) is 0 Å². The summed E-state index contributed by atoms with van der Waals surface area (Å²) in [6.45, 7) is 1.98. The van der Waals surface area contributed by atoms with E-state index in [1.807, 2.05) is 6.92 Å². The van der Waals surface area contributed by atoms with Gasteiger partial charge in [-0.05, 0) is 79.4 Å². The lowest BCUT2D eigenvalue weighted by molar-refractivity contribution is -0.127. The van der Waals surface area contributed by atoms with Gasteiger partial charge in [0.2, 0.25) is 5.91 Å². The van der Waals surface area contributed by atoms with Crippen molar-refractivity contribution in [2.24, 2.45) is 0 Å². The third-order valence-corrected chi connectivity index (χ3v) is 5.96. The summed E-state index contributed by atoms with van der Waals surface area (Å²) in [6.07, 6.45) is 3.27. The van der Waals surface area contributed by atoms with Crippen LogP contribution in [0.3, 0.4) is 0 Å². The highest BCUT2D eigenvalue weighted by Gasteiger charge is 2.36. The summed E-state index contributed by atoms with van der Waals surface area (Å²) < 4.78 is 7.07. The molecule has 2 heterocycles. The third kappa shape index (κ3) is 5.44. The van der Waals surface area contributed by atoms with Crippen LogP contribution in [0.25, 0.3) is 11.8 Å². The number of ether oxygens (including phenoxy) is 1. The van der Waals surface area contributed by atoms with E-state index in [4.69, 9.17) is 4.74 Å². The van der Waals surface area contributed by atoms with Crippen LogP contribution in [-0.2, 0) is 9.59 Å². The Morgan fingerprint density at radius 1 is 1.09 bits per heavy atom. The summed E-state index contributed by atoms with van der Waals surface area (Å²) in [5.41, 5.74) is 1.82. The fourth-order valence-corrected chi connectivity index (χ4v) is 4.27. The van der Waals surface area contributed by atoms with E-state index < -0.39 is 29.6 Å². The van der Waals surface area contributed by atoms with Crippen LogP contribution in [0.15, 0.2) is 71.8 Å². The maximum atomic E-state index is 12.9. The topological polar surface area (TPSA) is 118 Å². The van der Waals surface area contributed by atoms with Gasteiger partial charge in [0.15, 0.2) is 0 Å². The van der Waals surface area contributed by atoms with Gasteiger partial charge >= 0.3 is 5.97 Å². The van der Waals surface area contributed by atoms with E-state index in [1.165, 1.54) is 12.1 Å². The van der Waals surface area contributed by atoms with Gasteiger partial charge in [0.25, 0.3) is 11.1 Å². The van der Waals surface area contributed by atoms with Gasteiger partial charge in [0.05, 0.1) is 17.1 Å². The molecule has 0 radical (unpaired) electrons. The van der Waals surface area contributed by atoms with Crippen LogP contribution in [0, 0.1) is 0 Å². The monoisotopic (exact) mass is 491 g/mol. The Bertz CT molecular complexity index is 1330. The maximum absolute atomic E-state index is 12.9. The van der Waals surface area contributed by atoms with Crippen molar-refractivity contribution in [1.82, 2.24) is 9.47 Å². The van der Waals surface area contributed by atoms with Crippen LogP contribution in [0.4, 0.5) is 10.5 Å². The smallest absolute Gasteiger partial charge is 0.335 e. The Balaban J connectivity index is 1.47. The van der Waals surface area contributed by atoms with Crippen molar-refractivity contribution in [3.05, 3.63) is 83.0 Å². The highest BCUT2D eigenvalue weighted by atomic mass is 32.2. The summed E-state index contributed by atoms with van der Waals surface area (Å²) in [4.78, 5) is 50.1. The van der Waals surface area contributed by atoms with Gasteiger partial charge < -0.3 is 19.7 Å². The lowest BCUT2D eigenvalue weighted by atomic mass is 10.2. The van der Waals surface area contributed by atoms with Crippen molar-refractivity contribution >= 4 is 46.5 Å². The number of hydrogen-bond donors (Lipinski definition) is 2. The van der Waals surface area contributed by atoms with Crippen LogP contribution in [0.5, 0.6) is 5.75 Å². The Morgan fingerprint density at radius 2 is 1.86 bits per heavy atom. The first-order valence-electron chi connectivity index (χ1n) is 10.6. The van der Waals surface area contributed by atoms with Gasteiger partial charge in [-0.25, -0.2) is 4.79 Å². The molecule has 4 rings (SSSR count). The quantitative estimate of drug-likeness (QED) is 0.452.